The lowest BCUT2D eigenvalue weighted by molar-refractivity contribution is 1.40. The van der Waals surface area contributed by atoms with E-state index in [2.05, 4.69) is 103 Å². The summed E-state index contributed by atoms with van der Waals surface area (Å²) in [5.74, 6) is 0. The van der Waals surface area contributed by atoms with Crippen molar-refractivity contribution in [3.05, 3.63) is 114 Å². The van der Waals surface area contributed by atoms with Crippen LogP contribution in [-0.4, -0.2) is 8.41 Å². The Labute approximate surface area is 180 Å². The molecule has 30 heavy (non-hydrogen) atoms. The number of benzene rings is 5. The molecule has 0 saturated carbocycles. The van der Waals surface area contributed by atoms with Crippen LogP contribution in [0.15, 0.2) is 103 Å². The van der Waals surface area contributed by atoms with Gasteiger partial charge in [0.1, 0.15) is 0 Å². The van der Waals surface area contributed by atoms with Crippen LogP contribution in [0.3, 0.4) is 0 Å². The number of hydrogen-bond acceptors (Lipinski definition) is 0. The predicted molar refractivity (Wildman–Crippen MR) is 133 cm³/mol. The largest absolute Gasteiger partial charge is 0.0663 e. The van der Waals surface area contributed by atoms with Gasteiger partial charge in [-0.2, -0.15) is 0 Å². The van der Waals surface area contributed by atoms with Crippen molar-refractivity contribution >= 4 is 43.2 Å². The molecule has 5 aromatic rings. The van der Waals surface area contributed by atoms with Gasteiger partial charge in [-0.25, -0.2) is 0 Å². The molecule has 6 rings (SSSR count). The van der Waals surface area contributed by atoms with Crippen LogP contribution >= 0.6 is 7.92 Å². The molecule has 0 fully saturated rings. The fourth-order valence-corrected chi connectivity index (χ4v) is 7.20. The van der Waals surface area contributed by atoms with Gasteiger partial charge in [0.05, 0.1) is 0 Å². The van der Waals surface area contributed by atoms with Crippen LogP contribution in [0.2, 0.25) is 0 Å². The molecule has 5 aromatic carbocycles. The lowest BCUT2D eigenvalue weighted by Crippen LogP contribution is -2.03. The minimum atomic E-state index is -0.277. The molecule has 0 amide bonds. The van der Waals surface area contributed by atoms with Gasteiger partial charge in [-0.1, -0.05) is 111 Å². The Hall–Kier alpha value is -2.89. The average molecular weight is 399 g/mol. The highest BCUT2D eigenvalue weighted by Gasteiger charge is 2.25. The van der Waals surface area contributed by atoms with Crippen molar-refractivity contribution in [2.75, 3.05) is 0 Å². The molecule has 1 aliphatic heterocycles. The fourth-order valence-electron chi connectivity index (χ4n) is 4.78. The quantitative estimate of drug-likeness (QED) is 0.208. The summed E-state index contributed by atoms with van der Waals surface area (Å²) in [5, 5.41) is 6.93. The highest BCUT2D eigenvalue weighted by atomic mass is 31.1. The molecule has 0 aromatic heterocycles. The second-order valence-electron chi connectivity index (χ2n) is 7.83. The number of rotatable bonds is 1. The highest BCUT2D eigenvalue weighted by molar-refractivity contribution is 7.64. The van der Waals surface area contributed by atoms with Gasteiger partial charge < -0.3 is 0 Å². The molecule has 0 atom stereocenters. The Bertz CT molecular complexity index is 1270. The zero-order valence-electron chi connectivity index (χ0n) is 16.8. The maximum absolute atomic E-state index is 2.38. The summed E-state index contributed by atoms with van der Waals surface area (Å²) in [4.78, 5) is 0. The zero-order valence-corrected chi connectivity index (χ0v) is 17.6. The molecule has 2 heteroatoms. The van der Waals surface area contributed by atoms with Gasteiger partial charge in [0.25, 0.3) is 0 Å². The van der Waals surface area contributed by atoms with Gasteiger partial charge >= 0.3 is 0 Å². The summed E-state index contributed by atoms with van der Waals surface area (Å²) in [5.41, 5.74) is 5.90. The van der Waals surface area contributed by atoms with Crippen LogP contribution in [0, 0.1) is 0 Å². The Balaban J connectivity index is 0.00000193. The van der Waals surface area contributed by atoms with Gasteiger partial charge in [0, 0.05) is 8.41 Å². The van der Waals surface area contributed by atoms with Gasteiger partial charge in [0.2, 0.25) is 0 Å². The monoisotopic (exact) mass is 399 g/mol. The van der Waals surface area contributed by atoms with E-state index in [1.165, 1.54) is 49.1 Å². The predicted octanol–water partition coefficient (Wildman–Crippen LogP) is 7.10. The Kier molecular flexibility index (Phi) is 4.93. The molecule has 0 saturated heterocycles. The standard InChI is InChI=1S/C28H21P.B/c1-2-10-24(11-3-1)29-18-22-16-14-20-8-4-6-12-25(20)27(22)28-23(19-29)17-15-21-9-5-7-13-26(21)28;/h1-17H,18-19H2;. The zero-order chi connectivity index (χ0) is 19.2. The highest BCUT2D eigenvalue weighted by Crippen LogP contribution is 2.52. The van der Waals surface area contributed by atoms with E-state index in [4.69, 9.17) is 0 Å². The molecule has 0 spiro atoms. The average Bonchev–Trinajstić information content (AvgIpc) is 2.97. The maximum Gasteiger partial charge on any atom is 0 e. The Morgan fingerprint density at radius 3 is 1.47 bits per heavy atom. The van der Waals surface area contributed by atoms with Gasteiger partial charge in [-0.3, -0.25) is 0 Å². The Morgan fingerprint density at radius 2 is 0.933 bits per heavy atom. The molecule has 0 unspecified atom stereocenters. The second kappa shape index (κ2) is 7.75. The smallest absolute Gasteiger partial charge is 0 e. The van der Waals surface area contributed by atoms with E-state index >= 15 is 0 Å². The first-order valence-corrected chi connectivity index (χ1v) is 11.9. The molecule has 1 heterocycles. The minimum absolute atomic E-state index is 0. The van der Waals surface area contributed by atoms with Gasteiger partial charge in [0.15, 0.2) is 0 Å². The SMILES string of the molecule is [B].c1ccc(P2Cc3ccc4ccccc4c3-c3c(ccc4ccccc34)C2)cc1. The van der Waals surface area contributed by atoms with Crippen LogP contribution in [0.4, 0.5) is 0 Å². The van der Waals surface area contributed by atoms with Crippen LogP contribution < -0.4 is 5.30 Å². The number of fused-ring (bicyclic) bond motifs is 7. The van der Waals surface area contributed by atoms with Crippen LogP contribution in [-0.2, 0) is 12.3 Å². The third kappa shape index (κ3) is 3.06. The summed E-state index contributed by atoms with van der Waals surface area (Å²) in [6.45, 7) is 0. The first-order chi connectivity index (χ1) is 14.4. The van der Waals surface area contributed by atoms with E-state index in [0.717, 1.165) is 12.3 Å². The molecule has 3 radical (unpaired) electrons. The third-order valence-corrected chi connectivity index (χ3v) is 8.60. The Morgan fingerprint density at radius 1 is 0.467 bits per heavy atom. The van der Waals surface area contributed by atoms with Crippen LogP contribution in [0.5, 0.6) is 0 Å². The maximum atomic E-state index is 2.38. The van der Waals surface area contributed by atoms with Crippen molar-refractivity contribution in [2.45, 2.75) is 12.3 Å². The summed E-state index contributed by atoms with van der Waals surface area (Å²) in [6.07, 6.45) is 2.28. The van der Waals surface area contributed by atoms with Crippen molar-refractivity contribution in [3.63, 3.8) is 0 Å². The summed E-state index contributed by atoms with van der Waals surface area (Å²) < 4.78 is 0. The lowest BCUT2D eigenvalue weighted by Gasteiger charge is -2.17. The van der Waals surface area contributed by atoms with Gasteiger partial charge in [-0.05, 0) is 61.4 Å². The van der Waals surface area contributed by atoms with E-state index in [1.807, 2.05) is 0 Å². The van der Waals surface area contributed by atoms with Crippen molar-refractivity contribution in [1.82, 2.24) is 0 Å². The fraction of sp³-hybridized carbons (Fsp3) is 0.0714. The van der Waals surface area contributed by atoms with Crippen molar-refractivity contribution in [2.24, 2.45) is 0 Å². The molecule has 1 aliphatic rings. The van der Waals surface area contributed by atoms with Crippen molar-refractivity contribution in [1.29, 1.82) is 0 Å². The van der Waals surface area contributed by atoms with Crippen LogP contribution in [0.1, 0.15) is 11.1 Å². The molecule has 0 bridgehead atoms. The molecule has 0 N–H and O–H groups in total. The van der Waals surface area contributed by atoms with E-state index in [0.29, 0.717) is 0 Å². The van der Waals surface area contributed by atoms with Crippen molar-refractivity contribution < 1.29 is 0 Å². The molecular weight excluding hydrogens is 378 g/mol. The van der Waals surface area contributed by atoms with Crippen LogP contribution in [0.25, 0.3) is 32.7 Å². The minimum Gasteiger partial charge on any atom is -0.0663 e. The topological polar surface area (TPSA) is 0 Å². The van der Waals surface area contributed by atoms with Crippen molar-refractivity contribution in [3.8, 4) is 11.1 Å². The first-order valence-electron chi connectivity index (χ1n) is 10.2. The molecule has 141 valence electrons. The number of hydrogen-bond donors (Lipinski definition) is 0. The lowest BCUT2D eigenvalue weighted by atomic mass is 9.88. The third-order valence-electron chi connectivity index (χ3n) is 6.12. The first kappa shape index (κ1) is 19.1. The molecule has 0 nitrogen and oxygen atoms in total. The summed E-state index contributed by atoms with van der Waals surface area (Å²) in [6, 6.07) is 38.2. The van der Waals surface area contributed by atoms with E-state index in [1.54, 1.807) is 0 Å². The van der Waals surface area contributed by atoms with E-state index in [9.17, 15) is 0 Å². The molecular formula is C28H21BP. The molecule has 0 aliphatic carbocycles. The normalized spacial score (nSPS) is 13.3. The van der Waals surface area contributed by atoms with Gasteiger partial charge in [-0.15, -0.1) is 0 Å². The van der Waals surface area contributed by atoms with E-state index in [-0.39, 0.29) is 16.3 Å². The summed E-state index contributed by atoms with van der Waals surface area (Å²) in [7, 11) is -0.277. The summed E-state index contributed by atoms with van der Waals surface area (Å²) >= 11 is 0. The second-order valence-corrected chi connectivity index (χ2v) is 10.1. The van der Waals surface area contributed by atoms with E-state index < -0.39 is 0 Å².